The summed E-state index contributed by atoms with van der Waals surface area (Å²) in [6, 6.07) is 9.06. The normalized spacial score (nSPS) is 20.5. The smallest absolute Gasteiger partial charge is 0.123 e. The van der Waals surface area contributed by atoms with Crippen LogP contribution in [0.3, 0.4) is 0 Å². The molecule has 2 unspecified atom stereocenters. The predicted molar refractivity (Wildman–Crippen MR) is 101 cm³/mol. The number of aromatic amines is 1. The van der Waals surface area contributed by atoms with Gasteiger partial charge < -0.3 is 4.98 Å². The van der Waals surface area contributed by atoms with E-state index in [1.165, 1.54) is 36.9 Å². The van der Waals surface area contributed by atoms with E-state index in [2.05, 4.69) is 67.1 Å². The molecule has 3 heteroatoms. The average molecular weight is 323 g/mol. The van der Waals surface area contributed by atoms with E-state index >= 15 is 0 Å². The molecule has 3 nitrogen and oxygen atoms in total. The lowest BCUT2D eigenvalue weighted by Gasteiger charge is -2.35. The van der Waals surface area contributed by atoms with Crippen LogP contribution in [0.2, 0.25) is 0 Å². The largest absolute Gasteiger partial charge is 0.341 e. The first kappa shape index (κ1) is 17.0. The van der Waals surface area contributed by atoms with Crippen molar-refractivity contribution in [3.63, 3.8) is 0 Å². The summed E-state index contributed by atoms with van der Waals surface area (Å²) in [4.78, 5) is 10.9. The van der Waals surface area contributed by atoms with Crippen molar-refractivity contribution in [2.45, 2.75) is 46.1 Å². The van der Waals surface area contributed by atoms with E-state index in [1.807, 2.05) is 6.20 Å². The number of aryl methyl sites for hydroxylation is 1. The number of rotatable bonds is 5. The third-order valence-electron chi connectivity index (χ3n) is 4.93. The van der Waals surface area contributed by atoms with Crippen LogP contribution in [-0.2, 0) is 0 Å². The Labute approximate surface area is 145 Å². The Morgan fingerprint density at radius 2 is 2.08 bits per heavy atom. The second-order valence-electron chi connectivity index (χ2n) is 7.06. The van der Waals surface area contributed by atoms with Gasteiger partial charge >= 0.3 is 0 Å². The van der Waals surface area contributed by atoms with Crippen LogP contribution in [0.15, 0.2) is 42.6 Å². The molecule has 0 bridgehead atoms. The quantitative estimate of drug-likeness (QED) is 0.774. The van der Waals surface area contributed by atoms with Gasteiger partial charge in [0.25, 0.3) is 0 Å². The molecule has 1 aromatic carbocycles. The van der Waals surface area contributed by atoms with Crippen molar-refractivity contribution in [3.8, 4) is 11.3 Å². The molecule has 1 fully saturated rings. The van der Waals surface area contributed by atoms with Gasteiger partial charge in [0.05, 0.1) is 17.9 Å². The number of likely N-dealkylation sites (tertiary alicyclic amines) is 1. The predicted octanol–water partition coefficient (Wildman–Crippen LogP) is 5.12. The molecular formula is C21H29N3. The van der Waals surface area contributed by atoms with Crippen LogP contribution in [0.5, 0.6) is 0 Å². The number of piperidine rings is 1. The number of hydrogen-bond acceptors (Lipinski definition) is 2. The lowest BCUT2D eigenvalue weighted by atomic mass is 9.99. The maximum atomic E-state index is 4.73. The Bertz CT molecular complexity index is 669. The second-order valence-corrected chi connectivity index (χ2v) is 7.06. The first-order valence-corrected chi connectivity index (χ1v) is 9.16. The number of nitrogens with zero attached hydrogens (tertiary/aromatic N) is 2. The van der Waals surface area contributed by atoms with Crippen molar-refractivity contribution in [3.05, 3.63) is 54.0 Å². The van der Waals surface area contributed by atoms with Crippen LogP contribution in [-0.4, -0.2) is 28.0 Å². The van der Waals surface area contributed by atoms with Gasteiger partial charge in [0.1, 0.15) is 5.82 Å². The van der Waals surface area contributed by atoms with E-state index in [1.54, 1.807) is 0 Å². The van der Waals surface area contributed by atoms with E-state index in [4.69, 9.17) is 4.98 Å². The van der Waals surface area contributed by atoms with E-state index in [-0.39, 0.29) is 0 Å². The van der Waals surface area contributed by atoms with Gasteiger partial charge in [-0.1, -0.05) is 55.3 Å². The van der Waals surface area contributed by atoms with Crippen LogP contribution in [0.4, 0.5) is 0 Å². The summed E-state index contributed by atoms with van der Waals surface area (Å²) in [5.41, 5.74) is 3.62. The lowest BCUT2D eigenvalue weighted by Crippen LogP contribution is -2.36. The van der Waals surface area contributed by atoms with E-state index in [0.29, 0.717) is 12.0 Å². The number of benzene rings is 1. The molecule has 2 heterocycles. The van der Waals surface area contributed by atoms with Gasteiger partial charge in [0.15, 0.2) is 0 Å². The SMILES string of the molecule is C/C=C/C(C)CN1CCCCC1c1ncc(-c2ccc(C)cc2)[nH]1. The molecule has 1 saturated heterocycles. The molecule has 1 aromatic heterocycles. The molecule has 2 aromatic rings. The number of aromatic nitrogens is 2. The van der Waals surface area contributed by atoms with Crippen molar-refractivity contribution in [2.75, 3.05) is 13.1 Å². The molecule has 24 heavy (non-hydrogen) atoms. The van der Waals surface area contributed by atoms with Crippen molar-refractivity contribution >= 4 is 0 Å². The van der Waals surface area contributed by atoms with Gasteiger partial charge in [-0.05, 0) is 44.7 Å². The zero-order valence-corrected chi connectivity index (χ0v) is 15.1. The zero-order chi connectivity index (χ0) is 16.9. The number of nitrogens with one attached hydrogen (secondary N) is 1. The zero-order valence-electron chi connectivity index (χ0n) is 15.1. The van der Waals surface area contributed by atoms with Gasteiger partial charge in [-0.15, -0.1) is 0 Å². The summed E-state index contributed by atoms with van der Waals surface area (Å²) in [5.74, 6) is 1.71. The Balaban J connectivity index is 1.77. The number of allylic oxidation sites excluding steroid dienone is 1. The van der Waals surface area contributed by atoms with Crippen molar-refractivity contribution in [1.29, 1.82) is 0 Å². The first-order chi connectivity index (χ1) is 11.7. The summed E-state index contributed by atoms with van der Waals surface area (Å²) in [5, 5.41) is 0. The Morgan fingerprint density at radius 3 is 2.83 bits per heavy atom. The molecule has 0 spiro atoms. The Kier molecular flexibility index (Phi) is 5.52. The highest BCUT2D eigenvalue weighted by atomic mass is 15.2. The van der Waals surface area contributed by atoms with Crippen molar-refractivity contribution in [2.24, 2.45) is 5.92 Å². The lowest BCUT2D eigenvalue weighted by molar-refractivity contribution is 0.131. The minimum absolute atomic E-state index is 0.422. The molecule has 1 aliphatic rings. The Hall–Kier alpha value is -1.87. The molecule has 2 atom stereocenters. The Morgan fingerprint density at radius 1 is 1.29 bits per heavy atom. The fraction of sp³-hybridized carbons (Fsp3) is 0.476. The fourth-order valence-corrected chi connectivity index (χ4v) is 3.66. The second kappa shape index (κ2) is 7.80. The number of imidazole rings is 1. The average Bonchev–Trinajstić information content (AvgIpc) is 3.06. The summed E-state index contributed by atoms with van der Waals surface area (Å²) in [6.45, 7) is 8.80. The van der Waals surface area contributed by atoms with Crippen molar-refractivity contribution < 1.29 is 0 Å². The summed E-state index contributed by atoms with van der Waals surface area (Å²) >= 11 is 0. The molecule has 0 aliphatic carbocycles. The maximum absolute atomic E-state index is 4.73. The molecule has 1 aliphatic heterocycles. The summed E-state index contributed by atoms with van der Waals surface area (Å²) in [6.07, 6.45) is 10.2. The van der Waals surface area contributed by atoms with Crippen molar-refractivity contribution in [1.82, 2.24) is 14.9 Å². The number of H-pyrrole nitrogens is 1. The molecule has 0 radical (unpaired) electrons. The van der Waals surface area contributed by atoms with Crippen LogP contribution in [0.1, 0.15) is 50.5 Å². The first-order valence-electron chi connectivity index (χ1n) is 9.16. The minimum Gasteiger partial charge on any atom is -0.341 e. The maximum Gasteiger partial charge on any atom is 0.123 e. The fourth-order valence-electron chi connectivity index (χ4n) is 3.66. The summed E-state index contributed by atoms with van der Waals surface area (Å²) in [7, 11) is 0. The van der Waals surface area contributed by atoms with Gasteiger partial charge in [0, 0.05) is 6.54 Å². The van der Waals surface area contributed by atoms with Crippen LogP contribution < -0.4 is 0 Å². The van der Waals surface area contributed by atoms with Crippen LogP contribution in [0.25, 0.3) is 11.3 Å². The highest BCUT2D eigenvalue weighted by molar-refractivity contribution is 5.58. The monoisotopic (exact) mass is 323 g/mol. The number of hydrogen-bond donors (Lipinski definition) is 1. The molecule has 3 rings (SSSR count). The summed E-state index contributed by atoms with van der Waals surface area (Å²) < 4.78 is 0. The van der Waals surface area contributed by atoms with Gasteiger partial charge in [-0.25, -0.2) is 4.98 Å². The standard InChI is InChI=1S/C21H29N3/c1-4-7-17(3)15-24-13-6-5-8-20(24)21-22-14-19(23-21)18-11-9-16(2)10-12-18/h4,7,9-12,14,17,20H,5-6,8,13,15H2,1-3H3,(H,22,23)/b7-4+. The van der Waals surface area contributed by atoms with E-state index in [0.717, 1.165) is 18.1 Å². The minimum atomic E-state index is 0.422. The van der Waals surface area contributed by atoms with Gasteiger partial charge in [-0.3, -0.25) is 4.90 Å². The molecule has 0 amide bonds. The molecule has 128 valence electrons. The van der Waals surface area contributed by atoms with Crippen LogP contribution >= 0.6 is 0 Å². The highest BCUT2D eigenvalue weighted by Crippen LogP contribution is 2.31. The highest BCUT2D eigenvalue weighted by Gasteiger charge is 2.26. The van der Waals surface area contributed by atoms with Crippen LogP contribution in [0, 0.1) is 12.8 Å². The third-order valence-corrected chi connectivity index (χ3v) is 4.93. The van der Waals surface area contributed by atoms with Gasteiger partial charge in [-0.2, -0.15) is 0 Å². The van der Waals surface area contributed by atoms with E-state index < -0.39 is 0 Å². The van der Waals surface area contributed by atoms with Gasteiger partial charge in [0.2, 0.25) is 0 Å². The van der Waals surface area contributed by atoms with E-state index in [9.17, 15) is 0 Å². The topological polar surface area (TPSA) is 31.9 Å². The third kappa shape index (κ3) is 3.96. The molecule has 0 saturated carbocycles. The molecule has 1 N–H and O–H groups in total. The molecular weight excluding hydrogens is 294 g/mol.